The van der Waals surface area contributed by atoms with Crippen LogP contribution in [0.15, 0.2) is 34.8 Å². The van der Waals surface area contributed by atoms with E-state index in [0.717, 1.165) is 18.2 Å². The van der Waals surface area contributed by atoms with Gasteiger partial charge in [0.15, 0.2) is 5.75 Å². The predicted octanol–water partition coefficient (Wildman–Crippen LogP) is 4.03. The van der Waals surface area contributed by atoms with Crippen LogP contribution in [0.25, 0.3) is 0 Å². The lowest BCUT2D eigenvalue weighted by atomic mass is 10.2. The topological polar surface area (TPSA) is 35.2 Å². The van der Waals surface area contributed by atoms with E-state index in [1.165, 1.54) is 12.1 Å². The Morgan fingerprint density at radius 3 is 2.42 bits per heavy atom. The molecule has 2 aromatic rings. The number of hydrogen-bond acceptors (Lipinski definition) is 2. The van der Waals surface area contributed by atoms with Gasteiger partial charge in [0, 0.05) is 17.7 Å². The lowest BCUT2D eigenvalue weighted by Gasteiger charge is -2.11. The molecule has 0 spiro atoms. The summed E-state index contributed by atoms with van der Waals surface area (Å²) >= 11 is 3.10. The van der Waals surface area contributed by atoms with Gasteiger partial charge in [-0.1, -0.05) is 0 Å². The Bertz CT molecular complexity index is 596. The van der Waals surface area contributed by atoms with Gasteiger partial charge in [-0.2, -0.15) is 0 Å². The Hall–Kier alpha value is -1.69. The molecular weight excluding hydrogens is 323 g/mol. The third-order valence-electron chi connectivity index (χ3n) is 2.42. The predicted molar refractivity (Wildman–Crippen MR) is 69.2 cm³/mol. The molecule has 0 atom stereocenters. The molecule has 100 valence electrons. The minimum atomic E-state index is -0.711. The third-order valence-corrected chi connectivity index (χ3v) is 3.01. The maximum Gasteiger partial charge on any atom is 0.157 e. The number of halogens is 4. The molecule has 2 N–H and O–H groups in total. The zero-order valence-electron chi connectivity index (χ0n) is 9.59. The van der Waals surface area contributed by atoms with Crippen molar-refractivity contribution < 1.29 is 17.9 Å². The molecule has 0 bridgehead atoms. The van der Waals surface area contributed by atoms with Crippen molar-refractivity contribution >= 4 is 21.6 Å². The van der Waals surface area contributed by atoms with Gasteiger partial charge >= 0.3 is 0 Å². The smallest absolute Gasteiger partial charge is 0.157 e. The van der Waals surface area contributed by atoms with E-state index in [2.05, 4.69) is 15.9 Å². The van der Waals surface area contributed by atoms with Crippen LogP contribution < -0.4 is 10.5 Å². The Morgan fingerprint density at radius 2 is 1.79 bits per heavy atom. The van der Waals surface area contributed by atoms with E-state index in [4.69, 9.17) is 10.5 Å². The summed E-state index contributed by atoms with van der Waals surface area (Å²) in [5, 5.41) is 0. The van der Waals surface area contributed by atoms with Crippen molar-refractivity contribution in [3.05, 3.63) is 57.8 Å². The fourth-order valence-electron chi connectivity index (χ4n) is 1.52. The number of nitrogens with two attached hydrogens (primary N) is 1. The van der Waals surface area contributed by atoms with Crippen LogP contribution in [-0.4, -0.2) is 0 Å². The van der Waals surface area contributed by atoms with Crippen LogP contribution in [0.1, 0.15) is 5.56 Å². The van der Waals surface area contributed by atoms with Crippen molar-refractivity contribution in [3.8, 4) is 5.75 Å². The zero-order valence-corrected chi connectivity index (χ0v) is 11.2. The average molecular weight is 332 g/mol. The number of ether oxygens (including phenoxy) is 1. The van der Waals surface area contributed by atoms with Crippen LogP contribution in [0.4, 0.5) is 18.9 Å². The maximum absolute atomic E-state index is 13.4. The van der Waals surface area contributed by atoms with Gasteiger partial charge in [-0.25, -0.2) is 13.2 Å². The normalized spacial score (nSPS) is 10.5. The molecule has 0 aromatic heterocycles. The van der Waals surface area contributed by atoms with E-state index in [1.807, 2.05) is 0 Å². The Balaban J connectivity index is 2.19. The number of anilines is 1. The summed E-state index contributed by atoms with van der Waals surface area (Å²) in [6.07, 6.45) is 0. The molecule has 0 heterocycles. The van der Waals surface area contributed by atoms with E-state index < -0.39 is 17.5 Å². The highest BCUT2D eigenvalue weighted by Gasteiger charge is 2.10. The van der Waals surface area contributed by atoms with Crippen molar-refractivity contribution in [2.45, 2.75) is 6.61 Å². The van der Waals surface area contributed by atoms with Crippen molar-refractivity contribution in [1.82, 2.24) is 0 Å². The Labute approximate surface area is 116 Å². The van der Waals surface area contributed by atoms with Gasteiger partial charge in [-0.05, 0) is 34.1 Å². The monoisotopic (exact) mass is 331 g/mol. The van der Waals surface area contributed by atoms with Gasteiger partial charge in [0.1, 0.15) is 24.1 Å². The highest BCUT2D eigenvalue weighted by atomic mass is 79.9. The molecule has 6 heteroatoms. The van der Waals surface area contributed by atoms with E-state index in [-0.39, 0.29) is 23.6 Å². The van der Waals surface area contributed by atoms with Crippen LogP contribution in [-0.2, 0) is 6.61 Å². The van der Waals surface area contributed by atoms with Gasteiger partial charge in [0.2, 0.25) is 0 Å². The minimum Gasteiger partial charge on any atom is -0.485 e. The van der Waals surface area contributed by atoms with Crippen LogP contribution in [0.2, 0.25) is 0 Å². The maximum atomic E-state index is 13.4. The molecule has 2 nitrogen and oxygen atoms in total. The lowest BCUT2D eigenvalue weighted by molar-refractivity contribution is 0.299. The Morgan fingerprint density at radius 1 is 1.05 bits per heavy atom. The molecule has 2 aromatic carbocycles. The molecule has 19 heavy (non-hydrogen) atoms. The molecule has 0 aliphatic heterocycles. The van der Waals surface area contributed by atoms with Crippen molar-refractivity contribution in [3.63, 3.8) is 0 Å². The van der Waals surface area contributed by atoms with Crippen molar-refractivity contribution in [2.75, 3.05) is 5.73 Å². The largest absolute Gasteiger partial charge is 0.485 e. The summed E-state index contributed by atoms with van der Waals surface area (Å²) in [6.45, 7) is -0.138. The van der Waals surface area contributed by atoms with Gasteiger partial charge in [-0.15, -0.1) is 0 Å². The summed E-state index contributed by atoms with van der Waals surface area (Å²) in [6, 6.07) is 5.46. The second-order valence-corrected chi connectivity index (χ2v) is 4.68. The second kappa shape index (κ2) is 5.52. The number of rotatable bonds is 3. The van der Waals surface area contributed by atoms with Crippen LogP contribution in [0, 0.1) is 17.5 Å². The molecule has 0 amide bonds. The van der Waals surface area contributed by atoms with Crippen molar-refractivity contribution in [2.24, 2.45) is 0 Å². The summed E-state index contributed by atoms with van der Waals surface area (Å²) in [4.78, 5) is 0. The number of nitrogen functional groups attached to an aromatic ring is 1. The van der Waals surface area contributed by atoms with Gasteiger partial charge < -0.3 is 10.5 Å². The molecular formula is C13H9BrF3NO. The van der Waals surface area contributed by atoms with E-state index in [9.17, 15) is 13.2 Å². The fraction of sp³-hybridized carbons (Fsp3) is 0.0769. The number of benzene rings is 2. The van der Waals surface area contributed by atoms with Crippen molar-refractivity contribution in [1.29, 1.82) is 0 Å². The molecule has 0 aliphatic rings. The molecule has 0 unspecified atom stereocenters. The zero-order chi connectivity index (χ0) is 14.0. The van der Waals surface area contributed by atoms with Crippen LogP contribution in [0.3, 0.4) is 0 Å². The van der Waals surface area contributed by atoms with Gasteiger partial charge in [0.25, 0.3) is 0 Å². The first-order valence-corrected chi connectivity index (χ1v) is 6.08. The van der Waals surface area contributed by atoms with E-state index in [1.54, 1.807) is 0 Å². The second-order valence-electron chi connectivity index (χ2n) is 3.83. The fourth-order valence-corrected chi connectivity index (χ4v) is 2.08. The first kappa shape index (κ1) is 13.7. The van der Waals surface area contributed by atoms with E-state index >= 15 is 0 Å². The summed E-state index contributed by atoms with van der Waals surface area (Å²) in [7, 11) is 0. The van der Waals surface area contributed by atoms with Crippen LogP contribution >= 0.6 is 15.9 Å². The van der Waals surface area contributed by atoms with Gasteiger partial charge in [-0.3, -0.25) is 0 Å². The molecule has 0 aliphatic carbocycles. The quantitative estimate of drug-likeness (QED) is 0.862. The first-order valence-electron chi connectivity index (χ1n) is 5.28. The molecule has 0 radical (unpaired) electrons. The molecule has 0 saturated carbocycles. The SMILES string of the molecule is Nc1cc(F)cc(Br)c1OCc1ccc(F)cc1F. The van der Waals surface area contributed by atoms with Gasteiger partial charge in [0.05, 0.1) is 10.2 Å². The summed E-state index contributed by atoms with van der Waals surface area (Å²) < 4.78 is 44.8. The van der Waals surface area contributed by atoms with E-state index in [0.29, 0.717) is 4.47 Å². The number of hydrogen-bond donors (Lipinski definition) is 1. The molecule has 0 saturated heterocycles. The highest BCUT2D eigenvalue weighted by Crippen LogP contribution is 2.33. The molecule has 2 rings (SSSR count). The first-order chi connectivity index (χ1) is 8.97. The Kier molecular flexibility index (Phi) is 3.99. The average Bonchev–Trinajstić information content (AvgIpc) is 2.30. The molecule has 0 fully saturated rings. The minimum absolute atomic E-state index is 0.0920. The standard InChI is InChI=1S/C13H9BrF3NO/c14-10-3-9(16)5-12(18)13(10)19-6-7-1-2-8(15)4-11(7)17/h1-5H,6,18H2. The van der Waals surface area contributed by atoms with Crippen LogP contribution in [0.5, 0.6) is 5.75 Å². The summed E-state index contributed by atoms with van der Waals surface area (Å²) in [5.74, 6) is -1.67. The highest BCUT2D eigenvalue weighted by molar-refractivity contribution is 9.10. The lowest BCUT2D eigenvalue weighted by Crippen LogP contribution is -2.02. The third kappa shape index (κ3) is 3.20. The summed E-state index contributed by atoms with van der Waals surface area (Å²) in [5.41, 5.74) is 5.87.